The van der Waals surface area contributed by atoms with Gasteiger partial charge in [-0.3, -0.25) is 28.7 Å². The number of ether oxygens (including phenoxy) is 1. The summed E-state index contributed by atoms with van der Waals surface area (Å²) in [6.07, 6.45) is 8.87. The highest BCUT2D eigenvalue weighted by atomic mass is 16.5. The lowest BCUT2D eigenvalue weighted by Crippen LogP contribution is -2.43. The molecule has 1 fully saturated rings. The molecule has 1 atom stereocenters. The Labute approximate surface area is 224 Å². The number of aromatic nitrogens is 5. The number of benzene rings is 1. The normalized spacial score (nSPS) is 18.1. The van der Waals surface area contributed by atoms with Crippen molar-refractivity contribution in [2.24, 2.45) is 0 Å². The van der Waals surface area contributed by atoms with Gasteiger partial charge in [-0.15, -0.1) is 0 Å². The van der Waals surface area contributed by atoms with Crippen molar-refractivity contribution in [3.05, 3.63) is 65.0 Å². The summed E-state index contributed by atoms with van der Waals surface area (Å²) in [7, 11) is 3.22. The van der Waals surface area contributed by atoms with Crippen molar-refractivity contribution in [1.29, 1.82) is 0 Å². The Kier molecular flexibility index (Phi) is 7.20. The number of nitrogens with one attached hydrogen (secondary N) is 2. The summed E-state index contributed by atoms with van der Waals surface area (Å²) >= 11 is 0. The molecule has 1 aliphatic rings. The molecule has 4 aromatic rings. The summed E-state index contributed by atoms with van der Waals surface area (Å²) in [5, 5.41) is 24.4. The maximum absolute atomic E-state index is 13.3. The van der Waals surface area contributed by atoms with E-state index in [0.717, 1.165) is 31.1 Å². The second-order valence-electron chi connectivity index (χ2n) is 9.82. The van der Waals surface area contributed by atoms with Gasteiger partial charge in [-0.2, -0.15) is 10.2 Å². The molecule has 5 rings (SSSR count). The molecule has 204 valence electrons. The lowest BCUT2D eigenvalue weighted by atomic mass is 9.90. The number of aliphatic hydroxyl groups excluding tert-OH is 1. The summed E-state index contributed by atoms with van der Waals surface area (Å²) in [4.78, 5) is 40.0. The summed E-state index contributed by atoms with van der Waals surface area (Å²) < 4.78 is 8.80. The van der Waals surface area contributed by atoms with Gasteiger partial charge in [-0.25, -0.2) is 0 Å². The van der Waals surface area contributed by atoms with Gasteiger partial charge in [0.05, 0.1) is 36.1 Å². The zero-order chi connectivity index (χ0) is 27.7. The zero-order valence-corrected chi connectivity index (χ0v) is 22.0. The van der Waals surface area contributed by atoms with Crippen LogP contribution in [-0.4, -0.2) is 72.7 Å². The van der Waals surface area contributed by atoms with Crippen LogP contribution < -0.4 is 15.6 Å². The minimum absolute atomic E-state index is 0.0831. The second-order valence-corrected chi connectivity index (χ2v) is 9.82. The van der Waals surface area contributed by atoms with Crippen LogP contribution in [0.2, 0.25) is 0 Å². The van der Waals surface area contributed by atoms with Crippen LogP contribution in [0.25, 0.3) is 16.6 Å². The number of likely N-dealkylation sites (N-methyl/N-ethyl adjacent to an activating group) is 1. The van der Waals surface area contributed by atoms with Crippen molar-refractivity contribution in [2.45, 2.75) is 50.8 Å². The molecular weight excluding hydrogens is 502 g/mol. The van der Waals surface area contributed by atoms with Gasteiger partial charge in [0.2, 0.25) is 0 Å². The van der Waals surface area contributed by atoms with Crippen LogP contribution in [-0.2, 0) is 4.79 Å². The number of carbonyl (C=O) groups is 2. The van der Waals surface area contributed by atoms with E-state index in [4.69, 9.17) is 9.84 Å². The molecule has 3 aromatic heterocycles. The number of hydrogen-bond acceptors (Lipinski definition) is 7. The molecule has 12 nitrogen and oxygen atoms in total. The average Bonchev–Trinajstić information content (AvgIpc) is 3.62. The van der Waals surface area contributed by atoms with Gasteiger partial charge in [-0.05, 0) is 50.8 Å². The number of H-pyrrole nitrogens is 1. The Morgan fingerprint density at radius 1 is 1.26 bits per heavy atom. The number of aromatic amines is 1. The van der Waals surface area contributed by atoms with Crippen molar-refractivity contribution in [3.8, 4) is 11.4 Å². The van der Waals surface area contributed by atoms with Crippen molar-refractivity contribution in [1.82, 2.24) is 29.4 Å². The van der Waals surface area contributed by atoms with Crippen molar-refractivity contribution < 1.29 is 19.4 Å². The Hall–Kier alpha value is -4.45. The Morgan fingerprint density at radius 3 is 2.69 bits per heavy atom. The molecule has 1 aromatic carbocycles. The predicted octanol–water partition coefficient (Wildman–Crippen LogP) is 2.49. The third-order valence-electron chi connectivity index (χ3n) is 7.34. The van der Waals surface area contributed by atoms with Gasteiger partial charge in [0, 0.05) is 43.1 Å². The van der Waals surface area contributed by atoms with Crippen molar-refractivity contribution >= 4 is 28.4 Å². The van der Waals surface area contributed by atoms with Gasteiger partial charge in [0.25, 0.3) is 17.4 Å². The first-order valence-electron chi connectivity index (χ1n) is 12.8. The highest BCUT2D eigenvalue weighted by molar-refractivity contribution is 6.08. The maximum atomic E-state index is 13.3. The fraction of sp³-hybridized carbons (Fsp3) is 0.370. The van der Waals surface area contributed by atoms with E-state index >= 15 is 0 Å². The maximum Gasteiger partial charge on any atom is 0.278 e. The molecule has 0 unspecified atom stereocenters. The molecule has 39 heavy (non-hydrogen) atoms. The number of carbonyl (C=O) groups excluding carboxylic acids is 2. The molecule has 0 bridgehead atoms. The van der Waals surface area contributed by atoms with E-state index in [0.29, 0.717) is 17.0 Å². The minimum atomic E-state index is -1.01. The fourth-order valence-corrected chi connectivity index (χ4v) is 5.15. The quantitative estimate of drug-likeness (QED) is 0.331. The van der Waals surface area contributed by atoms with Crippen molar-refractivity contribution in [3.63, 3.8) is 0 Å². The first-order chi connectivity index (χ1) is 18.8. The fourth-order valence-electron chi connectivity index (χ4n) is 5.15. The number of fused-ring (bicyclic) bond motifs is 1. The number of hydrogen-bond donors (Lipinski definition) is 3. The number of aliphatic hydroxyl groups is 1. The average molecular weight is 534 g/mol. The molecular formula is C27H31N7O5. The van der Waals surface area contributed by atoms with Crippen LogP contribution in [0.1, 0.15) is 49.0 Å². The smallest absolute Gasteiger partial charge is 0.278 e. The molecule has 0 spiro atoms. The zero-order valence-electron chi connectivity index (χ0n) is 22.0. The van der Waals surface area contributed by atoms with Gasteiger partial charge >= 0.3 is 0 Å². The third kappa shape index (κ3) is 5.15. The summed E-state index contributed by atoms with van der Waals surface area (Å²) in [6.45, 7) is 1.49. The number of nitrogens with zero attached hydrogens (tertiary/aromatic N) is 5. The number of methoxy groups -OCH3 is 1. The van der Waals surface area contributed by atoms with E-state index in [9.17, 15) is 19.5 Å². The molecule has 0 aliphatic heterocycles. The molecule has 0 saturated heterocycles. The second kappa shape index (κ2) is 10.7. The van der Waals surface area contributed by atoms with Gasteiger partial charge in [-0.1, -0.05) is 0 Å². The Bertz CT molecular complexity index is 1550. The molecule has 3 N–H and O–H groups in total. The van der Waals surface area contributed by atoms with E-state index in [1.54, 1.807) is 48.6 Å². The number of anilines is 1. The topological polar surface area (TPSA) is 147 Å². The van der Waals surface area contributed by atoms with Gasteiger partial charge in [0.1, 0.15) is 17.5 Å². The van der Waals surface area contributed by atoms with E-state index in [-0.39, 0.29) is 29.2 Å². The molecule has 2 amide bonds. The third-order valence-corrected chi connectivity index (χ3v) is 7.34. The van der Waals surface area contributed by atoms with E-state index < -0.39 is 17.6 Å². The highest BCUT2D eigenvalue weighted by Gasteiger charge is 2.29. The first kappa shape index (κ1) is 26.2. The Morgan fingerprint density at radius 2 is 2.03 bits per heavy atom. The molecule has 12 heteroatoms. The molecule has 1 saturated carbocycles. The SMILES string of the molecule is COc1cc2nn(C3CCC(N(C)C(=O)[C@@H](C)O)CC3)cc2cc1C(=O)Nc1cccn(-c2cn[nH]c2)c1=O. The summed E-state index contributed by atoms with van der Waals surface area (Å²) in [6, 6.07) is 6.88. The van der Waals surface area contributed by atoms with Crippen LogP contribution in [0.5, 0.6) is 5.75 Å². The van der Waals surface area contributed by atoms with Crippen LogP contribution >= 0.6 is 0 Å². The monoisotopic (exact) mass is 533 g/mol. The van der Waals surface area contributed by atoms with E-state index in [1.165, 1.54) is 24.8 Å². The number of rotatable bonds is 7. The van der Waals surface area contributed by atoms with Crippen LogP contribution in [0.4, 0.5) is 5.69 Å². The molecule has 0 radical (unpaired) electrons. The largest absolute Gasteiger partial charge is 0.496 e. The lowest BCUT2D eigenvalue weighted by molar-refractivity contribution is -0.140. The predicted molar refractivity (Wildman–Crippen MR) is 144 cm³/mol. The van der Waals surface area contributed by atoms with Crippen molar-refractivity contribution in [2.75, 3.05) is 19.5 Å². The summed E-state index contributed by atoms with van der Waals surface area (Å²) in [5.41, 5.74) is 1.25. The highest BCUT2D eigenvalue weighted by Crippen LogP contribution is 2.33. The van der Waals surface area contributed by atoms with Crippen LogP contribution in [0.15, 0.2) is 53.8 Å². The standard InChI is InChI=1S/C27H31N7O5/c1-16(35)26(37)32(2)18-6-8-19(9-7-18)34-15-17-11-21(24(39-3)12-23(17)31-34)25(36)30-22-5-4-10-33(27(22)38)20-13-28-29-14-20/h4-5,10-16,18-19,35H,6-9H2,1-3H3,(H,28,29)(H,30,36)/t16-,18?,19?/m1/s1. The minimum Gasteiger partial charge on any atom is -0.496 e. The van der Waals surface area contributed by atoms with Crippen LogP contribution in [0.3, 0.4) is 0 Å². The van der Waals surface area contributed by atoms with E-state index in [2.05, 4.69) is 15.5 Å². The van der Waals surface area contributed by atoms with Gasteiger partial charge < -0.3 is 20.1 Å². The molecule has 1 aliphatic carbocycles. The first-order valence-corrected chi connectivity index (χ1v) is 12.8. The number of amides is 2. The number of pyridine rings is 1. The van der Waals surface area contributed by atoms with E-state index in [1.807, 2.05) is 10.9 Å². The van der Waals surface area contributed by atoms with Crippen LogP contribution in [0, 0.1) is 0 Å². The molecule has 3 heterocycles. The van der Waals surface area contributed by atoms with Gasteiger partial charge in [0.15, 0.2) is 0 Å². The lowest BCUT2D eigenvalue weighted by Gasteiger charge is -2.35. The Balaban J connectivity index is 1.35. The summed E-state index contributed by atoms with van der Waals surface area (Å²) in [5.74, 6) is -0.398.